The molecule has 0 radical (unpaired) electrons. The lowest BCUT2D eigenvalue weighted by Gasteiger charge is -2.23. The number of thioether (sulfide) groups is 1. The van der Waals surface area contributed by atoms with Crippen molar-refractivity contribution in [2.45, 2.75) is 94.4 Å². The Labute approximate surface area is 207 Å². The monoisotopic (exact) mass is 499 g/mol. The van der Waals surface area contributed by atoms with Crippen LogP contribution in [-0.2, 0) is 19.1 Å². The van der Waals surface area contributed by atoms with Crippen LogP contribution in [0, 0.1) is 0 Å². The van der Waals surface area contributed by atoms with Crippen molar-refractivity contribution in [3.05, 3.63) is 0 Å². The van der Waals surface area contributed by atoms with Gasteiger partial charge >= 0.3 is 12.0 Å². The van der Waals surface area contributed by atoms with Crippen LogP contribution in [0.5, 0.6) is 0 Å². The summed E-state index contributed by atoms with van der Waals surface area (Å²) in [5.74, 6) is 0.760. The van der Waals surface area contributed by atoms with Gasteiger partial charge in [0, 0.05) is 43.4 Å². The van der Waals surface area contributed by atoms with Crippen molar-refractivity contribution in [3.8, 4) is 0 Å². The number of rotatable bonds is 18. The van der Waals surface area contributed by atoms with Crippen LogP contribution in [0.15, 0.2) is 0 Å². The van der Waals surface area contributed by atoms with Gasteiger partial charge in [0.1, 0.15) is 6.61 Å². The van der Waals surface area contributed by atoms with Crippen LogP contribution in [0.1, 0.15) is 77.0 Å². The lowest BCUT2D eigenvalue weighted by atomic mass is 10.0. The first-order chi connectivity index (χ1) is 16.4. The predicted molar refractivity (Wildman–Crippen MR) is 132 cm³/mol. The van der Waals surface area contributed by atoms with E-state index in [9.17, 15) is 19.2 Å². The van der Waals surface area contributed by atoms with Crippen molar-refractivity contribution in [3.63, 3.8) is 0 Å². The Bertz CT molecular complexity index is 651. The molecule has 9 nitrogen and oxygen atoms in total. The second-order valence-electron chi connectivity index (χ2n) is 9.14. The Kier molecular flexibility index (Phi) is 13.4. The number of aliphatic hydroxyl groups excluding tert-OH is 1. The van der Waals surface area contributed by atoms with E-state index < -0.39 is 6.61 Å². The van der Waals surface area contributed by atoms with Crippen LogP contribution in [0.25, 0.3) is 0 Å². The Balaban J connectivity index is 1.68. The van der Waals surface area contributed by atoms with Gasteiger partial charge in [-0.1, -0.05) is 19.3 Å². The summed E-state index contributed by atoms with van der Waals surface area (Å²) >= 11 is 1.90. The number of hydrogen-bond donors (Lipinski definition) is 3. The fourth-order valence-electron chi connectivity index (χ4n) is 4.52. The lowest BCUT2D eigenvalue weighted by molar-refractivity contribution is -0.140. The number of nitrogens with one attached hydrogen (secondary N) is 2. The van der Waals surface area contributed by atoms with E-state index in [1.165, 1.54) is 7.11 Å². The number of aliphatic hydroxyl groups is 1. The normalized spacial score (nSPS) is 21.0. The van der Waals surface area contributed by atoms with Crippen LogP contribution in [-0.4, -0.2) is 83.6 Å². The minimum atomic E-state index is -0.403. The number of amides is 3. The van der Waals surface area contributed by atoms with E-state index >= 15 is 0 Å². The summed E-state index contributed by atoms with van der Waals surface area (Å²) in [5, 5.41) is 15.2. The van der Waals surface area contributed by atoms with E-state index in [4.69, 9.17) is 5.11 Å². The number of unbranched alkanes of at least 4 members (excludes halogenated alkanes) is 5. The maximum atomic E-state index is 12.9. The van der Waals surface area contributed by atoms with Crippen LogP contribution in [0.3, 0.4) is 0 Å². The van der Waals surface area contributed by atoms with Crippen molar-refractivity contribution < 1.29 is 29.0 Å². The van der Waals surface area contributed by atoms with Gasteiger partial charge < -0.3 is 25.4 Å². The smallest absolute Gasteiger partial charge is 0.315 e. The SMILES string of the molecule is COC(=O)CCCCCN(CCCCCC(=O)CO)C(=O)CCCCC1SCC2NC(=O)NC21. The Hall–Kier alpha value is -1.81. The maximum absolute atomic E-state index is 12.9. The van der Waals surface area contributed by atoms with Gasteiger partial charge in [0.05, 0.1) is 19.2 Å². The highest BCUT2D eigenvalue weighted by atomic mass is 32.2. The van der Waals surface area contributed by atoms with E-state index in [0.717, 1.165) is 63.5 Å². The summed E-state index contributed by atoms with van der Waals surface area (Å²) in [5.41, 5.74) is 0. The third-order valence-corrected chi connectivity index (χ3v) is 8.03. The second kappa shape index (κ2) is 16.0. The van der Waals surface area contributed by atoms with E-state index in [2.05, 4.69) is 15.4 Å². The number of Topliss-reactive ketones (excluding diaryl/α,β-unsaturated/α-hetero) is 1. The fourth-order valence-corrected chi connectivity index (χ4v) is 6.06. The third kappa shape index (κ3) is 10.2. The summed E-state index contributed by atoms with van der Waals surface area (Å²) < 4.78 is 4.67. The van der Waals surface area contributed by atoms with Crippen molar-refractivity contribution in [2.75, 3.05) is 32.6 Å². The number of carbonyl (C=O) groups is 4. The molecule has 0 saturated carbocycles. The van der Waals surface area contributed by atoms with E-state index in [1.807, 2.05) is 16.7 Å². The highest BCUT2D eigenvalue weighted by Gasteiger charge is 2.42. The number of hydrogen-bond acceptors (Lipinski definition) is 7. The van der Waals surface area contributed by atoms with Gasteiger partial charge in [0.2, 0.25) is 5.91 Å². The van der Waals surface area contributed by atoms with Gasteiger partial charge in [-0.05, 0) is 38.5 Å². The van der Waals surface area contributed by atoms with Gasteiger partial charge in [-0.2, -0.15) is 11.8 Å². The summed E-state index contributed by atoms with van der Waals surface area (Å²) in [4.78, 5) is 48.8. The minimum Gasteiger partial charge on any atom is -0.469 e. The molecule has 2 rings (SSSR count). The molecule has 2 aliphatic heterocycles. The Morgan fingerprint density at radius 3 is 2.32 bits per heavy atom. The Morgan fingerprint density at radius 2 is 1.65 bits per heavy atom. The molecule has 0 bridgehead atoms. The minimum absolute atomic E-state index is 0.0709. The molecule has 0 aromatic heterocycles. The van der Waals surface area contributed by atoms with Gasteiger partial charge in [-0.25, -0.2) is 4.79 Å². The fraction of sp³-hybridized carbons (Fsp3) is 0.833. The van der Waals surface area contributed by atoms with Gasteiger partial charge in [0.25, 0.3) is 0 Å². The number of fused-ring (bicyclic) bond motifs is 1. The maximum Gasteiger partial charge on any atom is 0.315 e. The highest BCUT2D eigenvalue weighted by Crippen LogP contribution is 2.33. The zero-order chi connectivity index (χ0) is 24.8. The van der Waals surface area contributed by atoms with Crippen molar-refractivity contribution in [2.24, 2.45) is 0 Å². The number of urea groups is 1. The third-order valence-electron chi connectivity index (χ3n) is 6.52. The largest absolute Gasteiger partial charge is 0.469 e. The first kappa shape index (κ1) is 28.4. The number of nitrogens with zero attached hydrogens (tertiary/aromatic N) is 1. The second-order valence-corrected chi connectivity index (χ2v) is 10.4. The molecular formula is C24H41N3O6S. The molecule has 3 amide bonds. The molecule has 0 aliphatic carbocycles. The molecule has 2 fully saturated rings. The van der Waals surface area contributed by atoms with Crippen molar-refractivity contribution in [1.29, 1.82) is 0 Å². The first-order valence-corrected chi connectivity index (χ1v) is 13.6. The van der Waals surface area contributed by atoms with E-state index in [-0.39, 0.29) is 35.8 Å². The number of methoxy groups -OCH3 is 1. The molecule has 194 valence electrons. The molecule has 0 spiro atoms. The number of esters is 1. The molecule has 2 saturated heterocycles. The Morgan fingerprint density at radius 1 is 0.971 bits per heavy atom. The summed E-state index contributed by atoms with van der Waals surface area (Å²) in [6, 6.07) is 0.359. The molecule has 10 heteroatoms. The molecule has 0 aromatic carbocycles. The molecule has 3 atom stereocenters. The lowest BCUT2D eigenvalue weighted by Crippen LogP contribution is -2.36. The molecule has 2 heterocycles. The van der Waals surface area contributed by atoms with Crippen molar-refractivity contribution in [1.82, 2.24) is 15.5 Å². The molecule has 3 N–H and O–H groups in total. The van der Waals surface area contributed by atoms with Gasteiger partial charge in [0.15, 0.2) is 5.78 Å². The van der Waals surface area contributed by atoms with Crippen LogP contribution < -0.4 is 10.6 Å². The quantitative estimate of drug-likeness (QED) is 0.150. The number of carbonyl (C=O) groups excluding carboxylic acids is 4. The topological polar surface area (TPSA) is 125 Å². The van der Waals surface area contributed by atoms with Gasteiger partial charge in [-0.15, -0.1) is 0 Å². The number of ketones is 1. The van der Waals surface area contributed by atoms with E-state index in [1.54, 1.807) is 0 Å². The first-order valence-electron chi connectivity index (χ1n) is 12.6. The predicted octanol–water partition coefficient (Wildman–Crippen LogP) is 2.40. The molecule has 0 aromatic rings. The van der Waals surface area contributed by atoms with Crippen LogP contribution in [0.2, 0.25) is 0 Å². The molecule has 3 unspecified atom stereocenters. The van der Waals surface area contributed by atoms with Crippen molar-refractivity contribution >= 4 is 35.5 Å². The van der Waals surface area contributed by atoms with Crippen LogP contribution >= 0.6 is 11.8 Å². The average Bonchev–Trinajstić information content (AvgIpc) is 3.38. The molecule has 34 heavy (non-hydrogen) atoms. The average molecular weight is 500 g/mol. The summed E-state index contributed by atoms with van der Waals surface area (Å²) in [6.07, 6.45) is 8.96. The molecule has 2 aliphatic rings. The van der Waals surface area contributed by atoms with Gasteiger partial charge in [-0.3, -0.25) is 14.4 Å². The summed E-state index contributed by atoms with van der Waals surface area (Å²) in [6.45, 7) is 0.943. The summed E-state index contributed by atoms with van der Waals surface area (Å²) in [7, 11) is 1.39. The standard InChI is InChI=1S/C24H41N3O6S/c1-33-22(31)13-5-3-9-15-27(14-8-2-4-10-18(29)16-28)21(30)12-7-6-11-20-23-19(17-34-20)25-24(32)26-23/h19-20,23,28H,2-17H2,1H3,(H2,25,26,32). The van der Waals surface area contributed by atoms with Crippen LogP contribution in [0.4, 0.5) is 4.79 Å². The zero-order valence-electron chi connectivity index (χ0n) is 20.4. The number of ether oxygens (including phenoxy) is 1. The van der Waals surface area contributed by atoms with E-state index in [0.29, 0.717) is 37.6 Å². The zero-order valence-corrected chi connectivity index (χ0v) is 21.2. The molecular weight excluding hydrogens is 458 g/mol. The highest BCUT2D eigenvalue weighted by molar-refractivity contribution is 8.00.